The third-order valence-corrected chi connectivity index (χ3v) is 4.08. The molecule has 0 radical (unpaired) electrons. The molecule has 2 rings (SSSR count). The molecule has 2 unspecified atom stereocenters. The van der Waals surface area contributed by atoms with E-state index in [1.54, 1.807) is 32.9 Å². The predicted molar refractivity (Wildman–Crippen MR) is 71.4 cm³/mol. The van der Waals surface area contributed by atoms with Crippen LogP contribution in [0.3, 0.4) is 0 Å². The first-order chi connectivity index (χ1) is 9.25. The molecule has 0 saturated heterocycles. The number of carboxylic acid groups (broad SMARTS) is 1. The predicted octanol–water partition coefficient (Wildman–Crippen LogP) is 2.36. The number of rotatable bonds is 4. The van der Waals surface area contributed by atoms with E-state index in [1.807, 2.05) is 0 Å². The molecule has 2 N–H and O–H groups in total. The van der Waals surface area contributed by atoms with Gasteiger partial charge in [0.1, 0.15) is 5.82 Å². The fourth-order valence-electron chi connectivity index (χ4n) is 2.75. The number of halogens is 1. The van der Waals surface area contributed by atoms with Gasteiger partial charge in [0.25, 0.3) is 0 Å². The molecule has 1 aliphatic carbocycles. The zero-order valence-corrected chi connectivity index (χ0v) is 11.7. The Morgan fingerprint density at radius 1 is 1.35 bits per heavy atom. The van der Waals surface area contributed by atoms with E-state index in [0.29, 0.717) is 5.56 Å². The van der Waals surface area contributed by atoms with Crippen molar-refractivity contribution in [2.45, 2.75) is 26.8 Å². The van der Waals surface area contributed by atoms with Crippen molar-refractivity contribution in [2.24, 2.45) is 17.3 Å². The van der Waals surface area contributed by atoms with Crippen molar-refractivity contribution in [3.63, 3.8) is 0 Å². The molecule has 5 heteroatoms. The second-order valence-electron chi connectivity index (χ2n) is 5.90. The molecule has 0 aromatic heterocycles. The molecule has 1 aromatic carbocycles. The Bertz CT molecular complexity index is 556. The molecule has 0 spiro atoms. The maximum absolute atomic E-state index is 13.1. The van der Waals surface area contributed by atoms with Gasteiger partial charge in [-0.15, -0.1) is 0 Å². The Labute approximate surface area is 117 Å². The zero-order chi connectivity index (χ0) is 15.1. The molecule has 3 atom stereocenters. The van der Waals surface area contributed by atoms with Crippen molar-refractivity contribution in [2.75, 3.05) is 0 Å². The number of hydrogen-bond acceptors (Lipinski definition) is 2. The van der Waals surface area contributed by atoms with Crippen LogP contribution in [0.25, 0.3) is 0 Å². The van der Waals surface area contributed by atoms with Gasteiger partial charge in [0, 0.05) is 0 Å². The Morgan fingerprint density at radius 3 is 2.50 bits per heavy atom. The lowest BCUT2D eigenvalue weighted by Gasteiger charge is -2.15. The lowest BCUT2D eigenvalue weighted by Crippen LogP contribution is -2.30. The average Bonchev–Trinajstić information content (AvgIpc) is 2.92. The van der Waals surface area contributed by atoms with Gasteiger partial charge in [0.05, 0.1) is 17.9 Å². The monoisotopic (exact) mass is 279 g/mol. The largest absolute Gasteiger partial charge is 0.481 e. The maximum atomic E-state index is 13.1. The molecule has 1 fully saturated rings. The fraction of sp³-hybridized carbons (Fsp3) is 0.467. The highest BCUT2D eigenvalue weighted by atomic mass is 19.1. The van der Waals surface area contributed by atoms with Gasteiger partial charge in [-0.05, 0) is 30.0 Å². The second kappa shape index (κ2) is 4.89. The highest BCUT2D eigenvalue weighted by molar-refractivity contribution is 5.91. The quantitative estimate of drug-likeness (QED) is 0.889. The van der Waals surface area contributed by atoms with Gasteiger partial charge >= 0.3 is 5.97 Å². The van der Waals surface area contributed by atoms with Crippen molar-refractivity contribution in [3.8, 4) is 0 Å². The summed E-state index contributed by atoms with van der Waals surface area (Å²) in [5.41, 5.74) is 0.126. The summed E-state index contributed by atoms with van der Waals surface area (Å²) in [6, 6.07) is 5.64. The number of benzene rings is 1. The third kappa shape index (κ3) is 2.53. The number of carbonyl (C=O) groups excluding carboxylic acids is 1. The molecular weight excluding hydrogens is 261 g/mol. The van der Waals surface area contributed by atoms with Crippen LogP contribution >= 0.6 is 0 Å². The summed E-state index contributed by atoms with van der Waals surface area (Å²) in [4.78, 5) is 23.2. The van der Waals surface area contributed by atoms with Crippen molar-refractivity contribution in [3.05, 3.63) is 35.6 Å². The summed E-state index contributed by atoms with van der Waals surface area (Å²) < 4.78 is 13.1. The Morgan fingerprint density at radius 2 is 2.00 bits per heavy atom. The summed E-state index contributed by atoms with van der Waals surface area (Å²) >= 11 is 0. The van der Waals surface area contributed by atoms with Crippen LogP contribution in [0.1, 0.15) is 32.4 Å². The van der Waals surface area contributed by atoms with E-state index in [0.717, 1.165) is 0 Å². The highest BCUT2D eigenvalue weighted by Crippen LogP contribution is 2.58. The van der Waals surface area contributed by atoms with Gasteiger partial charge in [-0.25, -0.2) is 4.39 Å². The van der Waals surface area contributed by atoms with Crippen LogP contribution in [0.15, 0.2) is 24.3 Å². The molecule has 0 heterocycles. The number of nitrogens with one attached hydrogen (secondary N) is 1. The van der Waals surface area contributed by atoms with Crippen LogP contribution in [0.5, 0.6) is 0 Å². The number of carbonyl (C=O) groups is 2. The van der Waals surface area contributed by atoms with Crippen LogP contribution in [0, 0.1) is 23.1 Å². The molecule has 4 nitrogen and oxygen atoms in total. The van der Waals surface area contributed by atoms with Gasteiger partial charge < -0.3 is 10.4 Å². The smallest absolute Gasteiger partial charge is 0.307 e. The molecule has 0 aliphatic heterocycles. The second-order valence-corrected chi connectivity index (χ2v) is 5.90. The zero-order valence-electron chi connectivity index (χ0n) is 11.7. The van der Waals surface area contributed by atoms with Crippen LogP contribution in [0.2, 0.25) is 0 Å². The minimum atomic E-state index is -0.950. The standard InChI is InChI=1S/C15H18FNO3/c1-8(9-5-4-6-10(16)7-9)17-13(18)11-12(14(19)20)15(11,2)3/h4-8,11-12H,1-3H3,(H,17,18)(H,19,20)/t8-,11?,12?/m1/s1. The van der Waals surface area contributed by atoms with E-state index >= 15 is 0 Å². The van der Waals surface area contributed by atoms with Gasteiger partial charge in [0.15, 0.2) is 0 Å². The number of hydrogen-bond donors (Lipinski definition) is 2. The molecule has 1 aromatic rings. The topological polar surface area (TPSA) is 66.4 Å². The fourth-order valence-corrected chi connectivity index (χ4v) is 2.75. The van der Waals surface area contributed by atoms with Gasteiger partial charge in [-0.3, -0.25) is 9.59 Å². The van der Waals surface area contributed by atoms with Crippen LogP contribution in [-0.4, -0.2) is 17.0 Å². The summed E-state index contributed by atoms with van der Waals surface area (Å²) in [5, 5.41) is 11.8. The molecule has 108 valence electrons. The highest BCUT2D eigenvalue weighted by Gasteiger charge is 2.65. The molecule has 1 saturated carbocycles. The first-order valence-corrected chi connectivity index (χ1v) is 6.53. The Hall–Kier alpha value is -1.91. The molecular formula is C15H18FNO3. The van der Waals surface area contributed by atoms with Crippen LogP contribution in [-0.2, 0) is 9.59 Å². The minimum absolute atomic E-state index is 0.292. The van der Waals surface area contributed by atoms with E-state index in [4.69, 9.17) is 5.11 Å². The summed E-state index contributed by atoms with van der Waals surface area (Å²) in [5.74, 6) is -2.79. The summed E-state index contributed by atoms with van der Waals surface area (Å²) in [7, 11) is 0. The van der Waals surface area contributed by atoms with E-state index in [-0.39, 0.29) is 17.8 Å². The van der Waals surface area contributed by atoms with E-state index < -0.39 is 23.2 Å². The molecule has 1 aliphatic rings. The molecule has 1 amide bonds. The lowest BCUT2D eigenvalue weighted by molar-refractivity contribution is -0.140. The SMILES string of the molecule is C[C@@H](NC(=O)C1C(C(=O)O)C1(C)C)c1cccc(F)c1. The van der Waals surface area contributed by atoms with Crippen molar-refractivity contribution in [1.82, 2.24) is 5.32 Å². The third-order valence-electron chi connectivity index (χ3n) is 4.08. The van der Waals surface area contributed by atoms with Crippen molar-refractivity contribution < 1.29 is 19.1 Å². The van der Waals surface area contributed by atoms with Crippen LogP contribution < -0.4 is 5.32 Å². The van der Waals surface area contributed by atoms with Crippen LogP contribution in [0.4, 0.5) is 4.39 Å². The van der Waals surface area contributed by atoms with Gasteiger partial charge in [0.2, 0.25) is 5.91 Å². The van der Waals surface area contributed by atoms with E-state index in [1.165, 1.54) is 12.1 Å². The number of carboxylic acids is 1. The maximum Gasteiger partial charge on any atom is 0.307 e. The number of amides is 1. The Balaban J connectivity index is 2.04. The average molecular weight is 279 g/mol. The Kier molecular flexibility index (Phi) is 3.54. The van der Waals surface area contributed by atoms with Crippen molar-refractivity contribution in [1.29, 1.82) is 0 Å². The molecule has 20 heavy (non-hydrogen) atoms. The first kappa shape index (κ1) is 14.5. The summed E-state index contributed by atoms with van der Waals surface area (Å²) in [6.45, 7) is 5.28. The van der Waals surface area contributed by atoms with E-state index in [9.17, 15) is 14.0 Å². The lowest BCUT2D eigenvalue weighted by atomic mass is 10.1. The summed E-state index contributed by atoms with van der Waals surface area (Å²) in [6.07, 6.45) is 0. The number of aliphatic carboxylic acids is 1. The van der Waals surface area contributed by atoms with Gasteiger partial charge in [-0.2, -0.15) is 0 Å². The van der Waals surface area contributed by atoms with E-state index in [2.05, 4.69) is 5.32 Å². The van der Waals surface area contributed by atoms with Gasteiger partial charge in [-0.1, -0.05) is 26.0 Å². The normalized spacial score (nSPS) is 24.8. The van der Waals surface area contributed by atoms with Crippen molar-refractivity contribution >= 4 is 11.9 Å². The first-order valence-electron chi connectivity index (χ1n) is 6.53. The minimum Gasteiger partial charge on any atom is -0.481 e. The molecule has 0 bridgehead atoms.